The Morgan fingerprint density at radius 3 is 2.81 bits per heavy atom. The van der Waals surface area contributed by atoms with E-state index in [0.29, 0.717) is 22.2 Å². The van der Waals surface area contributed by atoms with Crippen LogP contribution in [0.3, 0.4) is 0 Å². The molecule has 2 aliphatic heterocycles. The fourth-order valence-electron chi connectivity index (χ4n) is 3.98. The first-order chi connectivity index (χ1) is 12.4. The summed E-state index contributed by atoms with van der Waals surface area (Å²) in [6.07, 6.45) is -0.156. The molecule has 2 aromatic rings. The summed E-state index contributed by atoms with van der Waals surface area (Å²) in [6, 6.07) is 8.65. The van der Waals surface area contributed by atoms with Gasteiger partial charge in [-0.2, -0.15) is 0 Å². The summed E-state index contributed by atoms with van der Waals surface area (Å²) in [5.41, 5.74) is 2.32. The van der Waals surface area contributed by atoms with Gasteiger partial charge < -0.3 is 10.1 Å². The van der Waals surface area contributed by atoms with Crippen LogP contribution in [0.15, 0.2) is 36.5 Å². The number of carbonyl (C=O) groups excluding carboxylic acids is 1. The highest BCUT2D eigenvalue weighted by Gasteiger charge is 2.57. The Morgan fingerprint density at radius 2 is 2.08 bits per heavy atom. The number of aryl methyl sites for hydroxylation is 1. The minimum Gasteiger partial charge on any atom is -0.370 e. The molecule has 1 aromatic carbocycles. The van der Waals surface area contributed by atoms with Crippen molar-refractivity contribution < 1.29 is 13.9 Å². The number of hydrogen-bond acceptors (Lipinski definition) is 3. The summed E-state index contributed by atoms with van der Waals surface area (Å²) in [5, 5.41) is 3.58. The molecule has 2 saturated heterocycles. The Balaban J connectivity index is 1.63. The first-order valence-electron chi connectivity index (χ1n) is 8.42. The van der Waals surface area contributed by atoms with Crippen molar-refractivity contribution >= 4 is 34.8 Å². The number of nitrogens with one attached hydrogen (secondary N) is 1. The maximum absolute atomic E-state index is 14.3. The van der Waals surface area contributed by atoms with Crippen molar-refractivity contribution in [3.05, 3.63) is 57.8 Å². The van der Waals surface area contributed by atoms with Crippen LogP contribution in [0.5, 0.6) is 0 Å². The van der Waals surface area contributed by atoms with Crippen LogP contribution in [0.25, 0.3) is 0 Å². The fourth-order valence-corrected chi connectivity index (χ4v) is 4.28. The second-order valence-corrected chi connectivity index (χ2v) is 7.61. The number of nitrogens with zero attached hydrogens (tertiary/aromatic N) is 1. The van der Waals surface area contributed by atoms with E-state index in [1.54, 1.807) is 24.4 Å². The highest BCUT2D eigenvalue weighted by molar-refractivity contribution is 6.42. The van der Waals surface area contributed by atoms with Gasteiger partial charge in [0, 0.05) is 29.9 Å². The monoisotopic (exact) mass is 394 g/mol. The molecule has 5 atom stereocenters. The van der Waals surface area contributed by atoms with Crippen molar-refractivity contribution in [3.63, 3.8) is 0 Å². The van der Waals surface area contributed by atoms with E-state index in [1.807, 2.05) is 19.1 Å². The number of amides is 1. The molecule has 136 valence electrons. The van der Waals surface area contributed by atoms with Gasteiger partial charge in [0.1, 0.15) is 12.3 Å². The minimum atomic E-state index is -1.14. The zero-order chi connectivity index (χ0) is 18.4. The summed E-state index contributed by atoms with van der Waals surface area (Å²) >= 11 is 11.9. The molecule has 0 unspecified atom stereocenters. The Morgan fingerprint density at radius 1 is 1.27 bits per heavy atom. The molecule has 0 saturated carbocycles. The quantitative estimate of drug-likeness (QED) is 0.830. The molecule has 2 aliphatic rings. The zero-order valence-corrected chi connectivity index (χ0v) is 15.5. The van der Waals surface area contributed by atoms with E-state index in [9.17, 15) is 9.18 Å². The van der Waals surface area contributed by atoms with Gasteiger partial charge in [0.15, 0.2) is 0 Å². The number of alkyl halides is 1. The third-order valence-electron chi connectivity index (χ3n) is 5.08. The average Bonchev–Trinajstić information content (AvgIpc) is 3.15. The van der Waals surface area contributed by atoms with E-state index in [4.69, 9.17) is 27.9 Å². The standard InChI is InChI=1S/C19H17Cl2FN2O2/c1-9-6-10(4-5-23-9)16-15-8-14(22)18(26-15)17(16)19(25)24-11-2-3-12(20)13(21)7-11/h2-7,14-18H,8H2,1H3,(H,24,25)/t14-,15-,16-,17+,18+/m1/s1. The molecule has 2 bridgehead atoms. The highest BCUT2D eigenvalue weighted by atomic mass is 35.5. The van der Waals surface area contributed by atoms with Crippen LogP contribution in [-0.2, 0) is 9.53 Å². The number of ether oxygens (including phenoxy) is 1. The minimum absolute atomic E-state index is 0.198. The van der Waals surface area contributed by atoms with E-state index in [1.165, 1.54) is 0 Å². The van der Waals surface area contributed by atoms with Crippen LogP contribution < -0.4 is 5.32 Å². The number of aromatic nitrogens is 1. The highest BCUT2D eigenvalue weighted by Crippen LogP contribution is 2.50. The van der Waals surface area contributed by atoms with Gasteiger partial charge in [0.25, 0.3) is 0 Å². The Hall–Kier alpha value is -1.69. The molecule has 4 rings (SSSR count). The second kappa shape index (κ2) is 6.80. The van der Waals surface area contributed by atoms with Gasteiger partial charge in [-0.3, -0.25) is 9.78 Å². The van der Waals surface area contributed by atoms with Crippen LogP contribution in [0.1, 0.15) is 23.6 Å². The molecule has 1 N–H and O–H groups in total. The fraction of sp³-hybridized carbons (Fsp3) is 0.368. The predicted octanol–water partition coefficient (Wildman–Crippen LogP) is 4.54. The van der Waals surface area contributed by atoms with Gasteiger partial charge >= 0.3 is 0 Å². The van der Waals surface area contributed by atoms with Crippen LogP contribution in [-0.4, -0.2) is 29.3 Å². The molecule has 7 heteroatoms. The number of carbonyl (C=O) groups is 1. The summed E-state index contributed by atoms with van der Waals surface area (Å²) < 4.78 is 20.1. The lowest BCUT2D eigenvalue weighted by Gasteiger charge is -2.29. The van der Waals surface area contributed by atoms with E-state index in [0.717, 1.165) is 11.3 Å². The predicted molar refractivity (Wildman–Crippen MR) is 98.5 cm³/mol. The Kier molecular flexibility index (Phi) is 4.63. The largest absolute Gasteiger partial charge is 0.370 e. The van der Waals surface area contributed by atoms with Gasteiger partial charge in [-0.15, -0.1) is 0 Å². The van der Waals surface area contributed by atoms with Crippen LogP contribution in [0, 0.1) is 12.8 Å². The number of benzene rings is 1. The van der Waals surface area contributed by atoms with Crippen molar-refractivity contribution in [1.82, 2.24) is 4.98 Å². The first-order valence-corrected chi connectivity index (χ1v) is 9.17. The Labute approximate surface area is 160 Å². The van der Waals surface area contributed by atoms with Crippen molar-refractivity contribution in [2.45, 2.75) is 37.6 Å². The number of anilines is 1. The van der Waals surface area contributed by atoms with E-state index < -0.39 is 18.2 Å². The summed E-state index contributed by atoms with van der Waals surface area (Å²) in [5.74, 6) is -1.09. The first kappa shape index (κ1) is 17.7. The van der Waals surface area contributed by atoms with Gasteiger partial charge in [-0.25, -0.2) is 4.39 Å². The zero-order valence-electron chi connectivity index (χ0n) is 14.0. The molecule has 26 heavy (non-hydrogen) atoms. The summed E-state index contributed by atoms with van der Waals surface area (Å²) in [6.45, 7) is 1.89. The molecule has 0 spiro atoms. The molecule has 1 amide bonds. The van der Waals surface area contributed by atoms with Crippen molar-refractivity contribution in [3.8, 4) is 0 Å². The molecular formula is C19H17Cl2FN2O2. The number of fused-ring (bicyclic) bond motifs is 2. The van der Waals surface area contributed by atoms with Crippen molar-refractivity contribution in [2.75, 3.05) is 5.32 Å². The maximum Gasteiger partial charge on any atom is 0.230 e. The smallest absolute Gasteiger partial charge is 0.230 e. The summed E-state index contributed by atoms with van der Waals surface area (Å²) in [4.78, 5) is 17.2. The van der Waals surface area contributed by atoms with Gasteiger partial charge in [-0.05, 0) is 42.8 Å². The van der Waals surface area contributed by atoms with Crippen molar-refractivity contribution in [2.24, 2.45) is 5.92 Å². The van der Waals surface area contributed by atoms with Gasteiger partial charge in [-0.1, -0.05) is 23.2 Å². The Bertz CT molecular complexity index is 863. The molecular weight excluding hydrogens is 378 g/mol. The van der Waals surface area contributed by atoms with E-state index >= 15 is 0 Å². The topological polar surface area (TPSA) is 51.2 Å². The second-order valence-electron chi connectivity index (χ2n) is 6.79. The van der Waals surface area contributed by atoms with Gasteiger partial charge in [0.05, 0.1) is 22.1 Å². The van der Waals surface area contributed by atoms with Crippen LogP contribution in [0.4, 0.5) is 10.1 Å². The van der Waals surface area contributed by atoms with E-state index in [2.05, 4.69) is 10.3 Å². The number of hydrogen-bond donors (Lipinski definition) is 1. The third kappa shape index (κ3) is 3.08. The van der Waals surface area contributed by atoms with Crippen LogP contribution >= 0.6 is 23.2 Å². The van der Waals surface area contributed by atoms with Gasteiger partial charge in [0.2, 0.25) is 5.91 Å². The SMILES string of the molecule is Cc1cc([C@H]2[C@H](C(=O)Nc3ccc(Cl)c(Cl)c3)[C@H]3O[C@@H]2C[C@H]3F)ccn1. The van der Waals surface area contributed by atoms with Crippen LogP contribution in [0.2, 0.25) is 10.0 Å². The molecule has 0 aliphatic carbocycles. The lowest BCUT2D eigenvalue weighted by atomic mass is 9.74. The molecule has 3 heterocycles. The average molecular weight is 395 g/mol. The van der Waals surface area contributed by atoms with Crippen molar-refractivity contribution in [1.29, 1.82) is 0 Å². The summed E-state index contributed by atoms with van der Waals surface area (Å²) in [7, 11) is 0. The number of halogens is 3. The maximum atomic E-state index is 14.3. The normalized spacial score (nSPS) is 29.8. The molecule has 2 fully saturated rings. The van der Waals surface area contributed by atoms with E-state index in [-0.39, 0.29) is 17.9 Å². The third-order valence-corrected chi connectivity index (χ3v) is 5.82. The molecule has 4 nitrogen and oxygen atoms in total. The number of pyridine rings is 1. The lowest BCUT2D eigenvalue weighted by Crippen LogP contribution is -2.41. The lowest BCUT2D eigenvalue weighted by molar-refractivity contribution is -0.122. The molecule has 1 aromatic heterocycles. The molecule has 0 radical (unpaired) electrons. The number of rotatable bonds is 3.